The number of rotatable bonds is 8. The van der Waals surface area contributed by atoms with Gasteiger partial charge in [-0.2, -0.15) is 0 Å². The molecule has 3 rings (SSSR count). The van der Waals surface area contributed by atoms with Crippen molar-refractivity contribution < 1.29 is 19.1 Å². The number of ether oxygens (including phenoxy) is 1. The van der Waals surface area contributed by atoms with Crippen LogP contribution >= 0.6 is 23.1 Å². The Kier molecular flexibility index (Phi) is 8.02. The molecule has 0 unspecified atom stereocenters. The molecule has 0 aliphatic heterocycles. The molecule has 1 N–H and O–H groups in total. The van der Waals surface area contributed by atoms with Crippen molar-refractivity contribution in [2.45, 2.75) is 17.0 Å². The van der Waals surface area contributed by atoms with Gasteiger partial charge in [0.05, 0.1) is 5.56 Å². The molecule has 7 nitrogen and oxygen atoms in total. The maximum atomic E-state index is 12.6. The third-order valence-electron chi connectivity index (χ3n) is 4.34. The first-order valence-electron chi connectivity index (χ1n) is 9.75. The summed E-state index contributed by atoms with van der Waals surface area (Å²) in [6, 6.07) is 13.7. The van der Waals surface area contributed by atoms with Crippen LogP contribution in [0.5, 0.6) is 0 Å². The summed E-state index contributed by atoms with van der Waals surface area (Å²) < 4.78 is 6.15. The molecule has 9 heteroatoms. The fourth-order valence-corrected chi connectivity index (χ4v) is 4.60. The molecule has 0 spiro atoms. The summed E-state index contributed by atoms with van der Waals surface area (Å²) >= 11 is 3.11. The number of nitrogens with one attached hydrogen (secondary N) is 1. The van der Waals surface area contributed by atoms with Crippen molar-refractivity contribution in [2.75, 3.05) is 26.0 Å². The van der Waals surface area contributed by atoms with Crippen LogP contribution in [0.15, 0.2) is 58.3 Å². The molecule has 0 aliphatic carbocycles. The Balaban J connectivity index is 1.54. The van der Waals surface area contributed by atoms with Crippen LogP contribution in [-0.4, -0.2) is 48.4 Å². The average Bonchev–Trinajstić information content (AvgIpc) is 3.21. The zero-order valence-electron chi connectivity index (χ0n) is 18.0. The molecule has 166 valence electrons. The molecular weight excluding hydrogens is 446 g/mol. The molecule has 0 saturated carbocycles. The monoisotopic (exact) mass is 469 g/mol. The Labute approximate surface area is 194 Å². The molecule has 0 fully saturated rings. The lowest BCUT2D eigenvalue weighted by atomic mass is 10.1. The number of hydrogen-bond donors (Lipinski definition) is 1. The number of aryl methyl sites for hydroxylation is 1. The number of nitrogens with zero attached hydrogens (tertiary/aromatic N) is 2. The maximum Gasteiger partial charge on any atom is 0.338 e. The average molecular weight is 470 g/mol. The van der Waals surface area contributed by atoms with E-state index in [4.69, 9.17) is 4.74 Å². The first kappa shape index (κ1) is 23.5. The van der Waals surface area contributed by atoms with E-state index in [1.54, 1.807) is 73.6 Å². The summed E-state index contributed by atoms with van der Waals surface area (Å²) in [6.45, 7) is 1.53. The standard InChI is InChI=1S/C23H23N3O4S2/c1-15-13-31-23(24-15)32-14-17-6-4-5-7-19(17)22(29)30-12-20(27)25-18-10-8-16(9-11-18)21(28)26(2)3/h4-11,13H,12,14H2,1-3H3,(H,25,27). The molecule has 3 aromatic rings. The molecule has 32 heavy (non-hydrogen) atoms. The lowest BCUT2D eigenvalue weighted by Crippen LogP contribution is -2.22. The molecule has 2 aromatic carbocycles. The van der Waals surface area contributed by atoms with Crippen LogP contribution in [0.2, 0.25) is 0 Å². The number of amides is 2. The Hall–Kier alpha value is -3.17. The first-order valence-corrected chi connectivity index (χ1v) is 11.6. The van der Waals surface area contributed by atoms with E-state index >= 15 is 0 Å². The quantitative estimate of drug-likeness (QED) is 0.392. The SMILES string of the molecule is Cc1csc(SCc2ccccc2C(=O)OCC(=O)Nc2ccc(C(=O)N(C)C)cc2)n1. The van der Waals surface area contributed by atoms with E-state index in [9.17, 15) is 14.4 Å². The highest BCUT2D eigenvalue weighted by Gasteiger charge is 2.15. The van der Waals surface area contributed by atoms with Crippen molar-refractivity contribution in [3.8, 4) is 0 Å². The third kappa shape index (κ3) is 6.41. The molecule has 0 bridgehead atoms. The van der Waals surface area contributed by atoms with Gasteiger partial charge in [0.25, 0.3) is 11.8 Å². The first-order chi connectivity index (χ1) is 15.3. The van der Waals surface area contributed by atoms with Crippen LogP contribution < -0.4 is 5.32 Å². The van der Waals surface area contributed by atoms with Crippen LogP contribution in [0, 0.1) is 6.92 Å². The lowest BCUT2D eigenvalue weighted by molar-refractivity contribution is -0.119. The lowest BCUT2D eigenvalue weighted by Gasteiger charge is -2.11. The second-order valence-corrected chi connectivity index (χ2v) is 9.18. The number of hydrogen-bond acceptors (Lipinski definition) is 7. The van der Waals surface area contributed by atoms with Crippen molar-refractivity contribution in [3.63, 3.8) is 0 Å². The summed E-state index contributed by atoms with van der Waals surface area (Å²) in [7, 11) is 3.34. The summed E-state index contributed by atoms with van der Waals surface area (Å²) in [5, 5.41) is 4.64. The smallest absolute Gasteiger partial charge is 0.338 e. The molecule has 0 aliphatic rings. The Morgan fingerprint density at radius 1 is 1.09 bits per heavy atom. The summed E-state index contributed by atoms with van der Waals surface area (Å²) in [6.07, 6.45) is 0. The number of carbonyl (C=O) groups is 3. The summed E-state index contributed by atoms with van der Waals surface area (Å²) in [5.41, 5.74) is 3.23. The largest absolute Gasteiger partial charge is 0.452 e. The van der Waals surface area contributed by atoms with Gasteiger partial charge < -0.3 is 15.0 Å². The van der Waals surface area contributed by atoms with E-state index in [2.05, 4.69) is 10.3 Å². The van der Waals surface area contributed by atoms with Crippen LogP contribution in [0.1, 0.15) is 32.0 Å². The van der Waals surface area contributed by atoms with Gasteiger partial charge in [0.1, 0.15) is 4.34 Å². The number of aromatic nitrogens is 1. The van der Waals surface area contributed by atoms with Crippen molar-refractivity contribution in [1.82, 2.24) is 9.88 Å². The highest BCUT2D eigenvalue weighted by Crippen LogP contribution is 2.27. The van der Waals surface area contributed by atoms with Gasteiger partial charge in [-0.05, 0) is 42.8 Å². The third-order valence-corrected chi connectivity index (χ3v) is 6.53. The topological polar surface area (TPSA) is 88.6 Å². The molecule has 1 aromatic heterocycles. The van der Waals surface area contributed by atoms with E-state index < -0.39 is 18.5 Å². The van der Waals surface area contributed by atoms with Gasteiger partial charge in [0.2, 0.25) is 0 Å². The van der Waals surface area contributed by atoms with Gasteiger partial charge in [0, 0.05) is 42.2 Å². The number of thiazole rings is 1. The number of thioether (sulfide) groups is 1. The fourth-order valence-electron chi connectivity index (χ4n) is 2.74. The van der Waals surface area contributed by atoms with E-state index in [-0.39, 0.29) is 5.91 Å². The fraction of sp³-hybridized carbons (Fsp3) is 0.217. The highest BCUT2D eigenvalue weighted by molar-refractivity contribution is 8.00. The van der Waals surface area contributed by atoms with E-state index in [0.717, 1.165) is 15.6 Å². The molecule has 0 atom stereocenters. The summed E-state index contributed by atoms with van der Waals surface area (Å²) in [5.74, 6) is -0.574. The van der Waals surface area contributed by atoms with Gasteiger partial charge in [-0.3, -0.25) is 9.59 Å². The molecule has 2 amide bonds. The minimum absolute atomic E-state index is 0.126. The minimum atomic E-state index is -0.557. The van der Waals surface area contributed by atoms with E-state index in [0.29, 0.717) is 22.6 Å². The number of benzene rings is 2. The molecule has 0 saturated heterocycles. The van der Waals surface area contributed by atoms with Gasteiger partial charge >= 0.3 is 5.97 Å². The number of esters is 1. The van der Waals surface area contributed by atoms with Crippen LogP contribution in [0.3, 0.4) is 0 Å². The van der Waals surface area contributed by atoms with E-state index in [1.807, 2.05) is 24.4 Å². The highest BCUT2D eigenvalue weighted by atomic mass is 32.2. The summed E-state index contributed by atoms with van der Waals surface area (Å²) in [4.78, 5) is 42.6. The zero-order chi connectivity index (χ0) is 23.1. The molecular formula is C23H23N3O4S2. The van der Waals surface area contributed by atoms with Crippen molar-refractivity contribution >= 4 is 46.6 Å². The Bertz CT molecular complexity index is 1110. The van der Waals surface area contributed by atoms with Crippen LogP contribution in [0.4, 0.5) is 5.69 Å². The van der Waals surface area contributed by atoms with Crippen molar-refractivity contribution in [3.05, 3.63) is 76.3 Å². The second-order valence-electron chi connectivity index (χ2n) is 7.10. The van der Waals surface area contributed by atoms with Gasteiger partial charge in [0.15, 0.2) is 6.61 Å². The zero-order valence-corrected chi connectivity index (χ0v) is 19.6. The van der Waals surface area contributed by atoms with Crippen molar-refractivity contribution in [1.29, 1.82) is 0 Å². The normalized spacial score (nSPS) is 10.5. The predicted octanol–water partition coefficient (Wildman–Crippen LogP) is 4.24. The minimum Gasteiger partial charge on any atom is -0.452 e. The molecule has 1 heterocycles. The Morgan fingerprint density at radius 3 is 2.47 bits per heavy atom. The van der Waals surface area contributed by atoms with Crippen molar-refractivity contribution in [2.24, 2.45) is 0 Å². The van der Waals surface area contributed by atoms with Crippen LogP contribution in [0.25, 0.3) is 0 Å². The van der Waals surface area contributed by atoms with E-state index in [1.165, 1.54) is 4.90 Å². The number of anilines is 1. The van der Waals surface area contributed by atoms with Gasteiger partial charge in [-0.15, -0.1) is 11.3 Å². The second kappa shape index (κ2) is 10.9. The molecule has 0 radical (unpaired) electrons. The predicted molar refractivity (Wildman–Crippen MR) is 126 cm³/mol. The maximum absolute atomic E-state index is 12.6. The van der Waals surface area contributed by atoms with Crippen LogP contribution in [-0.2, 0) is 15.3 Å². The van der Waals surface area contributed by atoms with Gasteiger partial charge in [-0.25, -0.2) is 9.78 Å². The Morgan fingerprint density at radius 2 is 1.81 bits per heavy atom. The number of carbonyl (C=O) groups excluding carboxylic acids is 3. The van der Waals surface area contributed by atoms with Gasteiger partial charge in [-0.1, -0.05) is 30.0 Å².